The molecule has 1 aromatic heterocycles. The van der Waals surface area contributed by atoms with Crippen LogP contribution in [0.4, 0.5) is 4.79 Å². The molecule has 0 bridgehead atoms. The maximum atomic E-state index is 12.8. The minimum Gasteiger partial charge on any atom is -0.444 e. The van der Waals surface area contributed by atoms with E-state index in [4.69, 9.17) is 16.3 Å². The van der Waals surface area contributed by atoms with Crippen LogP contribution in [0.15, 0.2) is 18.2 Å². The van der Waals surface area contributed by atoms with Crippen LogP contribution in [0.25, 0.3) is 5.69 Å². The Morgan fingerprint density at radius 1 is 1.17 bits per heavy atom. The molecule has 4 rings (SSSR count). The summed E-state index contributed by atoms with van der Waals surface area (Å²) in [5.41, 5.74) is 1.25. The third-order valence-electron chi connectivity index (χ3n) is 5.29. The SMILES string of the molecule is CC(C)(C)OC(=O)N1Cc2cc(Cl)ccc2-n2c(nnc2C2CCC(=O)CC2)C1. The zero-order valence-electron chi connectivity index (χ0n) is 16.9. The van der Waals surface area contributed by atoms with E-state index in [1.807, 2.05) is 43.5 Å². The molecule has 154 valence electrons. The van der Waals surface area contributed by atoms with Gasteiger partial charge in [-0.25, -0.2) is 4.79 Å². The number of fused-ring (bicyclic) bond motifs is 3. The summed E-state index contributed by atoms with van der Waals surface area (Å²) in [4.78, 5) is 26.1. The molecule has 8 heteroatoms. The minimum atomic E-state index is -0.589. The van der Waals surface area contributed by atoms with Crippen molar-refractivity contribution in [1.29, 1.82) is 0 Å². The molecule has 1 aliphatic carbocycles. The number of ketones is 1. The van der Waals surface area contributed by atoms with Crippen LogP contribution in [0.1, 0.15) is 69.6 Å². The van der Waals surface area contributed by atoms with Crippen molar-refractivity contribution >= 4 is 23.5 Å². The van der Waals surface area contributed by atoms with Gasteiger partial charge in [0.05, 0.1) is 18.8 Å². The van der Waals surface area contributed by atoms with Crippen LogP contribution in [-0.4, -0.2) is 37.1 Å². The summed E-state index contributed by atoms with van der Waals surface area (Å²) >= 11 is 6.26. The first-order valence-electron chi connectivity index (χ1n) is 9.94. The maximum Gasteiger partial charge on any atom is 0.411 e. The molecule has 1 fully saturated rings. The second-order valence-electron chi connectivity index (χ2n) is 8.73. The largest absolute Gasteiger partial charge is 0.444 e. The van der Waals surface area contributed by atoms with Crippen molar-refractivity contribution < 1.29 is 14.3 Å². The van der Waals surface area contributed by atoms with Gasteiger partial charge in [-0.2, -0.15) is 0 Å². The predicted molar refractivity (Wildman–Crippen MR) is 108 cm³/mol. The zero-order chi connectivity index (χ0) is 20.8. The molecule has 1 saturated carbocycles. The van der Waals surface area contributed by atoms with Gasteiger partial charge in [0.2, 0.25) is 0 Å². The molecule has 0 N–H and O–H groups in total. The topological polar surface area (TPSA) is 77.3 Å². The number of hydrogen-bond donors (Lipinski definition) is 0. The molecule has 0 atom stereocenters. The van der Waals surface area contributed by atoms with Gasteiger partial charge in [0.25, 0.3) is 0 Å². The van der Waals surface area contributed by atoms with Gasteiger partial charge in [0, 0.05) is 23.8 Å². The second kappa shape index (κ2) is 7.44. The van der Waals surface area contributed by atoms with Gasteiger partial charge in [-0.1, -0.05) is 11.6 Å². The average molecular weight is 417 g/mol. The number of Topliss-reactive ketones (excluding diaryl/α,β-unsaturated/α-hetero) is 1. The number of nitrogens with zero attached hydrogens (tertiary/aromatic N) is 4. The molecule has 0 radical (unpaired) electrons. The van der Waals surface area contributed by atoms with E-state index in [-0.39, 0.29) is 5.92 Å². The van der Waals surface area contributed by atoms with Crippen molar-refractivity contribution in [2.75, 3.05) is 0 Å². The van der Waals surface area contributed by atoms with Crippen LogP contribution in [0.2, 0.25) is 5.02 Å². The molecule has 2 heterocycles. The second-order valence-corrected chi connectivity index (χ2v) is 9.17. The fraction of sp³-hybridized carbons (Fsp3) is 0.524. The van der Waals surface area contributed by atoms with E-state index < -0.39 is 11.7 Å². The molecule has 0 saturated heterocycles. The molecule has 2 aromatic rings. The quantitative estimate of drug-likeness (QED) is 0.688. The van der Waals surface area contributed by atoms with E-state index in [9.17, 15) is 9.59 Å². The Morgan fingerprint density at radius 2 is 1.90 bits per heavy atom. The number of benzene rings is 1. The molecular weight excluding hydrogens is 392 g/mol. The third-order valence-corrected chi connectivity index (χ3v) is 5.53. The molecular formula is C21H25ClN4O3. The molecule has 2 aliphatic rings. The van der Waals surface area contributed by atoms with E-state index in [2.05, 4.69) is 10.2 Å². The lowest BCUT2D eigenvalue weighted by atomic mass is 9.87. The normalized spacial score (nSPS) is 17.5. The van der Waals surface area contributed by atoms with E-state index in [0.717, 1.165) is 29.9 Å². The molecule has 0 unspecified atom stereocenters. The number of ether oxygens (including phenoxy) is 1. The Kier molecular flexibility index (Phi) is 5.11. The van der Waals surface area contributed by atoms with E-state index in [0.29, 0.717) is 42.6 Å². The lowest BCUT2D eigenvalue weighted by Gasteiger charge is -2.26. The fourth-order valence-corrected chi connectivity index (χ4v) is 4.14. The van der Waals surface area contributed by atoms with Crippen molar-refractivity contribution in [3.63, 3.8) is 0 Å². The standard InChI is InChI=1S/C21H25ClN4O3/c1-21(2,3)29-20(28)25-11-14-10-15(22)6-9-17(14)26-18(12-25)23-24-19(26)13-4-7-16(27)8-5-13/h6,9-10,13H,4-5,7-8,11-12H2,1-3H3. The highest BCUT2D eigenvalue weighted by Gasteiger charge is 2.32. The molecule has 1 aliphatic heterocycles. The van der Waals surface area contributed by atoms with Crippen LogP contribution in [-0.2, 0) is 22.6 Å². The van der Waals surface area contributed by atoms with Crippen LogP contribution < -0.4 is 0 Å². The summed E-state index contributed by atoms with van der Waals surface area (Å²) in [5, 5.41) is 9.48. The van der Waals surface area contributed by atoms with Crippen LogP contribution in [0, 0.1) is 0 Å². The van der Waals surface area contributed by atoms with Gasteiger partial charge >= 0.3 is 6.09 Å². The van der Waals surface area contributed by atoms with E-state index in [1.54, 1.807) is 4.90 Å². The first-order chi connectivity index (χ1) is 13.7. The Labute approximate surface area is 175 Å². The first kappa shape index (κ1) is 19.9. The zero-order valence-corrected chi connectivity index (χ0v) is 17.7. The number of carbonyl (C=O) groups is 2. The van der Waals surface area contributed by atoms with Crippen molar-refractivity contribution in [2.45, 2.75) is 71.1 Å². The molecule has 7 nitrogen and oxygen atoms in total. The first-order valence-corrected chi connectivity index (χ1v) is 10.3. The summed E-state index contributed by atoms with van der Waals surface area (Å²) in [5.74, 6) is 2.01. The van der Waals surface area contributed by atoms with Gasteiger partial charge in [0.15, 0.2) is 5.82 Å². The van der Waals surface area contributed by atoms with Gasteiger partial charge in [0.1, 0.15) is 17.2 Å². The Balaban J connectivity index is 1.75. The number of aromatic nitrogens is 3. The molecule has 0 spiro atoms. The highest BCUT2D eigenvalue weighted by molar-refractivity contribution is 6.30. The Bertz CT molecular complexity index is 953. The molecule has 29 heavy (non-hydrogen) atoms. The molecule has 1 aromatic carbocycles. The van der Waals surface area contributed by atoms with Crippen LogP contribution in [0.5, 0.6) is 0 Å². The number of rotatable bonds is 1. The van der Waals surface area contributed by atoms with Gasteiger partial charge < -0.3 is 4.74 Å². The summed E-state index contributed by atoms with van der Waals surface area (Å²) < 4.78 is 7.63. The highest BCUT2D eigenvalue weighted by atomic mass is 35.5. The smallest absolute Gasteiger partial charge is 0.411 e. The summed E-state index contributed by atoms with van der Waals surface area (Å²) in [7, 11) is 0. The van der Waals surface area contributed by atoms with Gasteiger partial charge in [-0.05, 0) is 57.4 Å². The Morgan fingerprint density at radius 3 is 2.59 bits per heavy atom. The fourth-order valence-electron chi connectivity index (χ4n) is 3.94. The van der Waals surface area contributed by atoms with Crippen molar-refractivity contribution in [2.24, 2.45) is 0 Å². The van der Waals surface area contributed by atoms with Gasteiger partial charge in [-0.15, -0.1) is 10.2 Å². The number of hydrogen-bond acceptors (Lipinski definition) is 5. The van der Waals surface area contributed by atoms with E-state index in [1.165, 1.54) is 0 Å². The summed E-state index contributed by atoms with van der Waals surface area (Å²) in [6.07, 6.45) is 2.30. The highest BCUT2D eigenvalue weighted by Crippen LogP contribution is 2.35. The van der Waals surface area contributed by atoms with Crippen LogP contribution in [0.3, 0.4) is 0 Å². The monoisotopic (exact) mass is 416 g/mol. The lowest BCUT2D eigenvalue weighted by molar-refractivity contribution is -0.120. The maximum absolute atomic E-state index is 12.8. The summed E-state index contributed by atoms with van der Waals surface area (Å²) in [6, 6.07) is 5.65. The van der Waals surface area contributed by atoms with E-state index >= 15 is 0 Å². The Hall–Kier alpha value is -2.41. The van der Waals surface area contributed by atoms with Crippen molar-refractivity contribution in [3.05, 3.63) is 40.4 Å². The van der Waals surface area contributed by atoms with Crippen molar-refractivity contribution in [3.8, 4) is 5.69 Å². The number of amides is 1. The number of halogens is 1. The minimum absolute atomic E-state index is 0.172. The lowest BCUT2D eigenvalue weighted by Crippen LogP contribution is -2.35. The van der Waals surface area contributed by atoms with Crippen molar-refractivity contribution in [1.82, 2.24) is 19.7 Å². The number of carbonyl (C=O) groups excluding carboxylic acids is 2. The third kappa shape index (κ3) is 4.15. The predicted octanol–water partition coefficient (Wildman–Crippen LogP) is 4.40. The summed E-state index contributed by atoms with van der Waals surface area (Å²) in [6.45, 7) is 6.20. The molecule has 1 amide bonds. The van der Waals surface area contributed by atoms with Gasteiger partial charge in [-0.3, -0.25) is 14.3 Å². The van der Waals surface area contributed by atoms with Crippen LogP contribution >= 0.6 is 11.6 Å². The average Bonchev–Trinajstić information content (AvgIpc) is 2.96.